The highest BCUT2D eigenvalue weighted by molar-refractivity contribution is 14.1. The Balaban J connectivity index is 3.33. The quantitative estimate of drug-likeness (QED) is 0.333. The molecule has 0 fully saturated rings. The molecule has 0 aromatic heterocycles. The van der Waals surface area contributed by atoms with Crippen LogP contribution in [0.5, 0.6) is 0 Å². The van der Waals surface area contributed by atoms with Gasteiger partial charge in [0.15, 0.2) is 5.78 Å². The van der Waals surface area contributed by atoms with Crippen LogP contribution in [-0.2, 0) is 0 Å². The van der Waals surface area contributed by atoms with E-state index in [0.717, 1.165) is 0 Å². The van der Waals surface area contributed by atoms with Crippen molar-refractivity contribution in [3.8, 4) is 0 Å². The van der Waals surface area contributed by atoms with Crippen molar-refractivity contribution >= 4 is 55.9 Å². The standard InChI is InChI=1S/C8H4BrClFIO/c9-8-4(11)1-2-5(12)7(8)6(13)3-10/h1-2H,3H2. The highest BCUT2D eigenvalue weighted by Crippen LogP contribution is 2.26. The van der Waals surface area contributed by atoms with Crippen LogP contribution in [0.15, 0.2) is 16.6 Å². The predicted molar refractivity (Wildman–Crippen MR) is 61.9 cm³/mol. The van der Waals surface area contributed by atoms with Crippen molar-refractivity contribution in [3.05, 3.63) is 31.6 Å². The number of halogens is 4. The Morgan fingerprint density at radius 2 is 2.23 bits per heavy atom. The Bertz CT molecular complexity index is 356. The SMILES string of the molecule is O=C(CCl)c1c(I)ccc(F)c1Br. The molecule has 0 aliphatic rings. The van der Waals surface area contributed by atoms with Gasteiger partial charge in [0.25, 0.3) is 0 Å². The third-order valence-electron chi connectivity index (χ3n) is 1.44. The molecular formula is C8H4BrClFIO. The van der Waals surface area contributed by atoms with Gasteiger partial charge < -0.3 is 0 Å². The molecule has 13 heavy (non-hydrogen) atoms. The van der Waals surface area contributed by atoms with E-state index in [4.69, 9.17) is 11.6 Å². The first-order valence-electron chi connectivity index (χ1n) is 3.30. The van der Waals surface area contributed by atoms with Crippen molar-refractivity contribution in [3.63, 3.8) is 0 Å². The normalized spacial score (nSPS) is 10.2. The molecule has 0 saturated carbocycles. The number of hydrogen-bond donors (Lipinski definition) is 0. The minimum absolute atomic E-state index is 0.141. The summed E-state index contributed by atoms with van der Waals surface area (Å²) >= 11 is 10.4. The van der Waals surface area contributed by atoms with Crippen LogP contribution in [0.4, 0.5) is 4.39 Å². The molecule has 0 radical (unpaired) electrons. The first kappa shape index (κ1) is 11.4. The van der Waals surface area contributed by atoms with Crippen LogP contribution in [0, 0.1) is 9.39 Å². The summed E-state index contributed by atoms with van der Waals surface area (Å²) < 4.78 is 13.9. The summed E-state index contributed by atoms with van der Waals surface area (Å²) in [6, 6.07) is 2.84. The second-order valence-corrected chi connectivity index (χ2v) is 4.50. The van der Waals surface area contributed by atoms with E-state index in [1.807, 2.05) is 22.6 Å². The Morgan fingerprint density at radius 3 is 2.77 bits per heavy atom. The zero-order valence-electron chi connectivity index (χ0n) is 6.28. The molecule has 0 saturated heterocycles. The molecule has 0 aliphatic carbocycles. The number of carbonyl (C=O) groups is 1. The van der Waals surface area contributed by atoms with E-state index in [-0.39, 0.29) is 16.1 Å². The summed E-state index contributed by atoms with van der Waals surface area (Å²) in [7, 11) is 0. The molecule has 0 N–H and O–H groups in total. The maximum Gasteiger partial charge on any atom is 0.179 e. The summed E-state index contributed by atoms with van der Waals surface area (Å²) in [5, 5.41) is 0. The molecule has 0 aliphatic heterocycles. The maximum atomic E-state index is 13.0. The van der Waals surface area contributed by atoms with Gasteiger partial charge in [0.05, 0.1) is 10.4 Å². The van der Waals surface area contributed by atoms with Crippen molar-refractivity contribution < 1.29 is 9.18 Å². The number of benzene rings is 1. The third-order valence-corrected chi connectivity index (χ3v) is 3.36. The van der Waals surface area contributed by atoms with Gasteiger partial charge in [-0.25, -0.2) is 4.39 Å². The predicted octanol–water partition coefficient (Wildman–Crippen LogP) is 3.61. The fraction of sp³-hybridized carbons (Fsp3) is 0.125. The van der Waals surface area contributed by atoms with Crippen LogP contribution in [0.3, 0.4) is 0 Å². The summed E-state index contributed by atoms with van der Waals surface area (Å²) in [4.78, 5) is 11.3. The number of ketones is 1. The highest BCUT2D eigenvalue weighted by atomic mass is 127. The fourth-order valence-electron chi connectivity index (χ4n) is 0.849. The first-order valence-corrected chi connectivity index (χ1v) is 5.71. The van der Waals surface area contributed by atoms with E-state index in [2.05, 4.69) is 15.9 Å². The molecule has 0 atom stereocenters. The number of carbonyl (C=O) groups excluding carboxylic acids is 1. The molecule has 0 unspecified atom stereocenters. The van der Waals surface area contributed by atoms with Gasteiger partial charge in [0, 0.05) is 9.13 Å². The summed E-state index contributed by atoms with van der Waals surface area (Å²) in [6.45, 7) is 0. The third kappa shape index (κ3) is 2.41. The molecule has 0 spiro atoms. The maximum absolute atomic E-state index is 13.0. The molecule has 0 amide bonds. The molecular weight excluding hydrogens is 373 g/mol. The van der Waals surface area contributed by atoms with Gasteiger partial charge in [-0.15, -0.1) is 11.6 Å². The summed E-state index contributed by atoms with van der Waals surface area (Å²) in [5.74, 6) is -0.871. The van der Waals surface area contributed by atoms with Gasteiger partial charge in [-0.1, -0.05) is 0 Å². The van der Waals surface area contributed by atoms with Gasteiger partial charge in [-0.3, -0.25) is 4.79 Å². The lowest BCUT2D eigenvalue weighted by Crippen LogP contribution is -2.05. The molecule has 1 rings (SSSR count). The number of hydrogen-bond acceptors (Lipinski definition) is 1. The lowest BCUT2D eigenvalue weighted by atomic mass is 10.1. The zero-order valence-corrected chi connectivity index (χ0v) is 10.8. The largest absolute Gasteiger partial charge is 0.293 e. The summed E-state index contributed by atoms with van der Waals surface area (Å²) in [5.41, 5.74) is 0.315. The van der Waals surface area contributed by atoms with Gasteiger partial charge in [-0.2, -0.15) is 0 Å². The molecule has 0 heterocycles. The van der Waals surface area contributed by atoms with Gasteiger partial charge in [-0.05, 0) is 50.7 Å². The van der Waals surface area contributed by atoms with Crippen molar-refractivity contribution in [1.82, 2.24) is 0 Å². The molecule has 5 heteroatoms. The van der Waals surface area contributed by atoms with E-state index in [1.165, 1.54) is 6.07 Å². The average molecular weight is 377 g/mol. The fourth-order valence-corrected chi connectivity index (χ4v) is 2.67. The van der Waals surface area contributed by atoms with E-state index >= 15 is 0 Å². The van der Waals surface area contributed by atoms with Crippen molar-refractivity contribution in [2.75, 3.05) is 5.88 Å². The average Bonchev–Trinajstić information content (AvgIpc) is 2.12. The lowest BCUT2D eigenvalue weighted by Gasteiger charge is -2.04. The second kappa shape index (κ2) is 4.70. The first-order chi connectivity index (χ1) is 6.07. The van der Waals surface area contributed by atoms with Crippen LogP contribution >= 0.6 is 50.1 Å². The Morgan fingerprint density at radius 1 is 1.62 bits per heavy atom. The van der Waals surface area contributed by atoms with Gasteiger partial charge in [0.2, 0.25) is 0 Å². The van der Waals surface area contributed by atoms with Crippen molar-refractivity contribution in [2.24, 2.45) is 0 Å². The van der Waals surface area contributed by atoms with Crippen molar-refractivity contribution in [2.45, 2.75) is 0 Å². The van der Waals surface area contributed by atoms with Crippen LogP contribution in [-0.4, -0.2) is 11.7 Å². The minimum atomic E-state index is -0.450. The van der Waals surface area contributed by atoms with Crippen LogP contribution in [0.25, 0.3) is 0 Å². The topological polar surface area (TPSA) is 17.1 Å². The second-order valence-electron chi connectivity index (χ2n) is 2.27. The molecule has 1 aromatic carbocycles. The van der Waals surface area contributed by atoms with Gasteiger partial charge >= 0.3 is 0 Å². The monoisotopic (exact) mass is 376 g/mol. The molecule has 70 valence electrons. The smallest absolute Gasteiger partial charge is 0.179 e. The van der Waals surface area contributed by atoms with Gasteiger partial charge in [0.1, 0.15) is 5.82 Å². The summed E-state index contributed by atoms with van der Waals surface area (Å²) in [6.07, 6.45) is 0. The van der Waals surface area contributed by atoms with E-state index < -0.39 is 5.82 Å². The number of Topliss-reactive ketones (excluding diaryl/α,β-unsaturated/α-hetero) is 1. The highest BCUT2D eigenvalue weighted by Gasteiger charge is 2.15. The lowest BCUT2D eigenvalue weighted by molar-refractivity contribution is 0.101. The van der Waals surface area contributed by atoms with Crippen LogP contribution in [0.1, 0.15) is 10.4 Å². The Hall–Kier alpha value is 0.320. The van der Waals surface area contributed by atoms with E-state index in [0.29, 0.717) is 9.13 Å². The molecule has 1 nitrogen and oxygen atoms in total. The van der Waals surface area contributed by atoms with Crippen LogP contribution in [0.2, 0.25) is 0 Å². The van der Waals surface area contributed by atoms with E-state index in [1.54, 1.807) is 6.07 Å². The zero-order chi connectivity index (χ0) is 10.0. The number of alkyl halides is 1. The Labute approximate surface area is 102 Å². The van der Waals surface area contributed by atoms with Crippen molar-refractivity contribution in [1.29, 1.82) is 0 Å². The molecule has 1 aromatic rings. The minimum Gasteiger partial charge on any atom is -0.293 e. The molecule has 0 bridgehead atoms. The Kier molecular flexibility index (Phi) is 4.12. The van der Waals surface area contributed by atoms with Crippen LogP contribution < -0.4 is 0 Å². The van der Waals surface area contributed by atoms with E-state index in [9.17, 15) is 9.18 Å². The number of rotatable bonds is 2.